The van der Waals surface area contributed by atoms with E-state index in [1.54, 1.807) is 6.07 Å². The molecule has 2 aliphatic rings. The van der Waals surface area contributed by atoms with Crippen LogP contribution in [0.15, 0.2) is 53.7 Å². The van der Waals surface area contributed by atoms with Gasteiger partial charge in [-0.25, -0.2) is 4.79 Å². The van der Waals surface area contributed by atoms with Gasteiger partial charge in [-0.1, -0.05) is 55.7 Å². The highest BCUT2D eigenvalue weighted by Gasteiger charge is 2.55. The third kappa shape index (κ3) is 4.17. The largest absolute Gasteiger partial charge is 0.328 e. The van der Waals surface area contributed by atoms with Gasteiger partial charge in [-0.2, -0.15) is 4.99 Å². The number of benzene rings is 1. The van der Waals surface area contributed by atoms with Crippen LogP contribution in [0.1, 0.15) is 43.7 Å². The molecule has 1 saturated heterocycles. The number of hydrogen-bond acceptors (Lipinski definition) is 3. The Balaban J connectivity index is 1.53. The second kappa shape index (κ2) is 8.49. The normalized spacial score (nSPS) is 24.0. The summed E-state index contributed by atoms with van der Waals surface area (Å²) in [5.74, 6) is -0.762. The van der Waals surface area contributed by atoms with Crippen LogP contribution in [0, 0.1) is 12.8 Å². The van der Waals surface area contributed by atoms with Crippen molar-refractivity contribution in [1.29, 1.82) is 0 Å². The molecule has 1 aromatic heterocycles. The summed E-state index contributed by atoms with van der Waals surface area (Å²) < 4.78 is 1.87. The van der Waals surface area contributed by atoms with Crippen LogP contribution in [0.4, 0.5) is 4.79 Å². The van der Waals surface area contributed by atoms with E-state index in [2.05, 4.69) is 10.3 Å². The summed E-state index contributed by atoms with van der Waals surface area (Å²) in [7, 11) is 0. The molecule has 2 atom stereocenters. The lowest BCUT2D eigenvalue weighted by Gasteiger charge is -2.36. The van der Waals surface area contributed by atoms with E-state index in [1.165, 1.54) is 5.56 Å². The van der Waals surface area contributed by atoms with E-state index in [1.807, 2.05) is 61.0 Å². The lowest BCUT2D eigenvalue weighted by atomic mass is 9.73. The van der Waals surface area contributed by atoms with Crippen molar-refractivity contribution in [2.24, 2.45) is 10.9 Å². The fourth-order valence-electron chi connectivity index (χ4n) is 4.53. The minimum absolute atomic E-state index is 0.0560. The van der Waals surface area contributed by atoms with E-state index in [0.717, 1.165) is 29.7 Å². The van der Waals surface area contributed by atoms with Gasteiger partial charge in [0.1, 0.15) is 17.6 Å². The molecule has 162 valence electrons. The van der Waals surface area contributed by atoms with Crippen LogP contribution in [-0.4, -0.2) is 39.4 Å². The van der Waals surface area contributed by atoms with Gasteiger partial charge in [0.2, 0.25) is 0 Å². The molecular formula is C24H28N4O3. The van der Waals surface area contributed by atoms with E-state index in [-0.39, 0.29) is 18.4 Å². The monoisotopic (exact) mass is 420 g/mol. The first kappa shape index (κ1) is 21.0. The number of carbonyl (C=O) groups excluding carboxylic acids is 3. The van der Waals surface area contributed by atoms with Crippen LogP contribution in [-0.2, 0) is 16.1 Å². The number of urea groups is 1. The number of hydrogen-bond donors (Lipinski definition) is 1. The number of nitrogens with zero attached hydrogens (tertiary/aromatic N) is 3. The van der Waals surface area contributed by atoms with E-state index in [0.29, 0.717) is 18.5 Å². The van der Waals surface area contributed by atoms with Gasteiger partial charge in [-0.3, -0.25) is 14.5 Å². The van der Waals surface area contributed by atoms with Crippen molar-refractivity contribution >= 4 is 17.8 Å². The van der Waals surface area contributed by atoms with Gasteiger partial charge in [0.05, 0.1) is 0 Å². The average molecular weight is 421 g/mol. The van der Waals surface area contributed by atoms with Gasteiger partial charge in [-0.15, -0.1) is 0 Å². The van der Waals surface area contributed by atoms with Crippen molar-refractivity contribution in [3.63, 3.8) is 0 Å². The fourth-order valence-corrected chi connectivity index (χ4v) is 4.53. The highest BCUT2D eigenvalue weighted by atomic mass is 16.2. The number of amides is 4. The van der Waals surface area contributed by atoms with Crippen LogP contribution in [0.5, 0.6) is 0 Å². The number of aromatic nitrogens is 1. The standard InChI is InChI=1S/C24H28N4O3/c1-17-9-11-19(12-10-17)15-27-14-6-4-8-20(27)25-21(29)16-28-22(30)24(26-23(28)31)13-5-3-7-18(24)2/h4,6,8-12,14,18H,3,5,7,13,15-16H2,1-2H3,(H,26,31). The number of aryl methyl sites for hydroxylation is 1. The molecule has 2 unspecified atom stereocenters. The number of nitrogens with one attached hydrogen (secondary N) is 1. The third-order valence-electron chi connectivity index (χ3n) is 6.42. The smallest absolute Gasteiger partial charge is 0.325 e. The van der Waals surface area contributed by atoms with Gasteiger partial charge in [-0.05, 0) is 43.4 Å². The molecule has 7 nitrogen and oxygen atoms in total. The molecule has 0 radical (unpaired) electrons. The molecule has 4 amide bonds. The molecule has 1 N–H and O–H groups in total. The number of imide groups is 1. The summed E-state index contributed by atoms with van der Waals surface area (Å²) >= 11 is 0. The zero-order valence-corrected chi connectivity index (χ0v) is 18.0. The van der Waals surface area contributed by atoms with Crippen molar-refractivity contribution in [2.75, 3.05) is 6.54 Å². The lowest BCUT2D eigenvalue weighted by molar-refractivity contribution is -0.136. The molecule has 2 aromatic rings. The highest BCUT2D eigenvalue weighted by molar-refractivity contribution is 6.09. The van der Waals surface area contributed by atoms with Gasteiger partial charge < -0.3 is 9.88 Å². The summed E-state index contributed by atoms with van der Waals surface area (Å²) in [5, 5.41) is 2.88. The molecule has 2 fully saturated rings. The Morgan fingerprint density at radius 1 is 1.16 bits per heavy atom. The Morgan fingerprint density at radius 2 is 1.94 bits per heavy atom. The second-order valence-corrected chi connectivity index (χ2v) is 8.62. The molecule has 1 aliphatic carbocycles. The van der Waals surface area contributed by atoms with E-state index >= 15 is 0 Å². The minimum atomic E-state index is -0.867. The number of carbonyl (C=O) groups is 3. The summed E-state index contributed by atoms with van der Waals surface area (Å²) in [6, 6.07) is 13.1. The predicted octanol–water partition coefficient (Wildman–Crippen LogP) is 2.77. The summed E-state index contributed by atoms with van der Waals surface area (Å²) in [5.41, 5.74) is 1.89. The van der Waals surface area contributed by atoms with Crippen LogP contribution in [0.2, 0.25) is 0 Å². The zero-order chi connectivity index (χ0) is 22.0. The molecule has 7 heteroatoms. The van der Waals surface area contributed by atoms with Crippen LogP contribution in [0.25, 0.3) is 0 Å². The molecule has 1 saturated carbocycles. The molecule has 2 heterocycles. The molecule has 0 bridgehead atoms. The highest BCUT2D eigenvalue weighted by Crippen LogP contribution is 2.38. The Labute approximate surface area is 181 Å². The van der Waals surface area contributed by atoms with Crippen molar-refractivity contribution in [1.82, 2.24) is 14.8 Å². The SMILES string of the molecule is Cc1ccc(Cn2ccccc2=NC(=O)CN2C(=O)NC3(CCCCC3C)C2=O)cc1. The van der Waals surface area contributed by atoms with E-state index < -0.39 is 17.5 Å². The van der Waals surface area contributed by atoms with Gasteiger partial charge in [0.15, 0.2) is 0 Å². The first-order valence-electron chi connectivity index (χ1n) is 10.8. The van der Waals surface area contributed by atoms with Crippen LogP contribution >= 0.6 is 0 Å². The molecule has 1 aliphatic heterocycles. The second-order valence-electron chi connectivity index (χ2n) is 8.62. The maximum Gasteiger partial charge on any atom is 0.325 e. The van der Waals surface area contributed by atoms with E-state index in [9.17, 15) is 14.4 Å². The van der Waals surface area contributed by atoms with Gasteiger partial charge >= 0.3 is 6.03 Å². The average Bonchev–Trinajstić information content (AvgIpc) is 2.98. The van der Waals surface area contributed by atoms with Crippen molar-refractivity contribution in [2.45, 2.75) is 51.6 Å². The van der Waals surface area contributed by atoms with Crippen LogP contribution < -0.4 is 10.8 Å². The van der Waals surface area contributed by atoms with Gasteiger partial charge in [0, 0.05) is 12.7 Å². The number of pyridine rings is 1. The topological polar surface area (TPSA) is 83.8 Å². The Hall–Kier alpha value is -3.22. The molecule has 1 spiro atoms. The predicted molar refractivity (Wildman–Crippen MR) is 116 cm³/mol. The maximum absolute atomic E-state index is 13.1. The first-order valence-corrected chi connectivity index (χ1v) is 10.8. The summed E-state index contributed by atoms with van der Waals surface area (Å²) in [6.45, 7) is 4.24. The van der Waals surface area contributed by atoms with Crippen molar-refractivity contribution in [3.05, 3.63) is 65.3 Å². The summed E-state index contributed by atoms with van der Waals surface area (Å²) in [4.78, 5) is 43.5. The Morgan fingerprint density at radius 3 is 2.68 bits per heavy atom. The summed E-state index contributed by atoms with van der Waals surface area (Å²) in [6.07, 6.45) is 5.32. The Kier molecular flexibility index (Phi) is 5.76. The fraction of sp³-hybridized carbons (Fsp3) is 0.417. The Bertz CT molecular complexity index is 1070. The van der Waals surface area contributed by atoms with E-state index in [4.69, 9.17) is 0 Å². The maximum atomic E-state index is 13.1. The lowest BCUT2D eigenvalue weighted by Crippen LogP contribution is -2.54. The van der Waals surface area contributed by atoms with Crippen molar-refractivity contribution in [3.8, 4) is 0 Å². The minimum Gasteiger partial charge on any atom is -0.328 e. The van der Waals surface area contributed by atoms with Crippen LogP contribution in [0.3, 0.4) is 0 Å². The van der Waals surface area contributed by atoms with Crippen molar-refractivity contribution < 1.29 is 14.4 Å². The first-order chi connectivity index (χ1) is 14.9. The zero-order valence-electron chi connectivity index (χ0n) is 18.0. The quantitative estimate of drug-likeness (QED) is 0.772. The molecule has 4 rings (SSSR count). The number of rotatable bonds is 4. The molecule has 31 heavy (non-hydrogen) atoms. The third-order valence-corrected chi connectivity index (χ3v) is 6.42. The van der Waals surface area contributed by atoms with Gasteiger partial charge in [0.25, 0.3) is 11.8 Å². The molecular weight excluding hydrogens is 392 g/mol. The molecule has 1 aromatic carbocycles.